The van der Waals surface area contributed by atoms with Gasteiger partial charge in [0.05, 0.1) is 25.1 Å². The van der Waals surface area contributed by atoms with Gasteiger partial charge in [0.15, 0.2) is 0 Å². The lowest BCUT2D eigenvalue weighted by Crippen LogP contribution is -2.46. The van der Waals surface area contributed by atoms with Gasteiger partial charge in [0.2, 0.25) is 0 Å². The minimum Gasteiger partial charge on any atom is -0.378 e. The van der Waals surface area contributed by atoms with Crippen molar-refractivity contribution < 1.29 is 4.74 Å². The van der Waals surface area contributed by atoms with Crippen molar-refractivity contribution in [3.63, 3.8) is 0 Å². The average molecular weight is 208 g/mol. The number of ether oxygens (including phenoxy) is 1. The van der Waals surface area contributed by atoms with E-state index in [0.717, 1.165) is 26.1 Å². The molecule has 3 N–H and O–H groups in total. The Balaban J connectivity index is 1.68. The van der Waals surface area contributed by atoms with Gasteiger partial charge < -0.3 is 10.5 Å². The molecule has 2 atom stereocenters. The maximum Gasteiger partial charge on any atom is 0.0623 e. The van der Waals surface area contributed by atoms with Crippen LogP contribution in [-0.4, -0.2) is 40.4 Å². The van der Waals surface area contributed by atoms with Crippen LogP contribution in [0.5, 0.6) is 0 Å². The number of rotatable bonds is 1. The first-order chi connectivity index (χ1) is 7.33. The van der Waals surface area contributed by atoms with Gasteiger partial charge in [-0.05, 0) is 6.42 Å². The van der Waals surface area contributed by atoms with Gasteiger partial charge in [-0.3, -0.25) is 10.00 Å². The number of nitrogens with two attached hydrogens (primary N) is 1. The van der Waals surface area contributed by atoms with Crippen molar-refractivity contribution >= 4 is 0 Å². The lowest BCUT2D eigenvalue weighted by atomic mass is 10.1. The Labute approximate surface area is 88.6 Å². The van der Waals surface area contributed by atoms with Crippen LogP contribution in [0.4, 0.5) is 0 Å². The first-order valence-electron chi connectivity index (χ1n) is 5.41. The number of H-pyrrole nitrogens is 1. The molecule has 1 aromatic heterocycles. The van der Waals surface area contributed by atoms with Crippen molar-refractivity contribution in [1.29, 1.82) is 0 Å². The summed E-state index contributed by atoms with van der Waals surface area (Å²) in [4.78, 5) is 2.42. The molecule has 5 nitrogen and oxygen atoms in total. The summed E-state index contributed by atoms with van der Waals surface area (Å²) >= 11 is 0. The Hall–Kier alpha value is -0.910. The van der Waals surface area contributed by atoms with E-state index in [1.54, 1.807) is 0 Å². The van der Waals surface area contributed by atoms with Crippen LogP contribution < -0.4 is 5.73 Å². The Morgan fingerprint density at radius 2 is 2.40 bits per heavy atom. The van der Waals surface area contributed by atoms with Gasteiger partial charge in [-0.2, -0.15) is 5.10 Å². The highest BCUT2D eigenvalue weighted by molar-refractivity contribution is 5.20. The van der Waals surface area contributed by atoms with Crippen LogP contribution in [0.3, 0.4) is 0 Å². The predicted molar refractivity (Wildman–Crippen MR) is 55.0 cm³/mol. The van der Waals surface area contributed by atoms with Crippen LogP contribution in [0.25, 0.3) is 0 Å². The minimum atomic E-state index is 0.195. The van der Waals surface area contributed by atoms with E-state index in [4.69, 9.17) is 10.5 Å². The molecule has 15 heavy (non-hydrogen) atoms. The fourth-order valence-corrected chi connectivity index (χ4v) is 2.44. The highest BCUT2D eigenvalue weighted by Crippen LogP contribution is 2.25. The number of nitrogens with zero attached hydrogens (tertiary/aromatic N) is 2. The SMILES string of the molecule is NC1COCC(N2Cc3cn[nH]c3C2)C1. The van der Waals surface area contributed by atoms with Gasteiger partial charge in [0.1, 0.15) is 0 Å². The molecular weight excluding hydrogens is 192 g/mol. The molecule has 0 spiro atoms. The summed E-state index contributed by atoms with van der Waals surface area (Å²) in [5.74, 6) is 0. The predicted octanol–water partition coefficient (Wildman–Crippen LogP) is -0.159. The van der Waals surface area contributed by atoms with E-state index in [9.17, 15) is 0 Å². The normalized spacial score (nSPS) is 31.8. The Morgan fingerprint density at radius 1 is 1.47 bits per heavy atom. The molecule has 0 aromatic carbocycles. The second kappa shape index (κ2) is 3.59. The molecule has 3 heterocycles. The molecule has 0 bridgehead atoms. The van der Waals surface area contributed by atoms with Gasteiger partial charge >= 0.3 is 0 Å². The smallest absolute Gasteiger partial charge is 0.0623 e. The molecule has 0 aliphatic carbocycles. The molecule has 0 saturated carbocycles. The van der Waals surface area contributed by atoms with E-state index in [1.165, 1.54) is 11.3 Å². The number of fused-ring (bicyclic) bond motifs is 1. The largest absolute Gasteiger partial charge is 0.378 e. The lowest BCUT2D eigenvalue weighted by molar-refractivity contribution is 0.00510. The van der Waals surface area contributed by atoms with Gasteiger partial charge in [0.25, 0.3) is 0 Å². The maximum atomic E-state index is 5.90. The Bertz CT molecular complexity index is 330. The van der Waals surface area contributed by atoms with Crippen LogP contribution >= 0.6 is 0 Å². The van der Waals surface area contributed by atoms with Gasteiger partial charge in [-0.25, -0.2) is 0 Å². The Kier molecular flexibility index (Phi) is 2.23. The minimum absolute atomic E-state index is 0.195. The van der Waals surface area contributed by atoms with Gasteiger partial charge in [0, 0.05) is 30.7 Å². The molecule has 0 amide bonds. The molecule has 2 aliphatic rings. The zero-order valence-corrected chi connectivity index (χ0v) is 8.65. The third-order valence-corrected chi connectivity index (χ3v) is 3.28. The maximum absolute atomic E-state index is 5.90. The van der Waals surface area contributed by atoms with Gasteiger partial charge in [-0.1, -0.05) is 0 Å². The van der Waals surface area contributed by atoms with Crippen molar-refractivity contribution in [2.24, 2.45) is 5.73 Å². The van der Waals surface area contributed by atoms with Crippen molar-refractivity contribution in [3.05, 3.63) is 17.5 Å². The van der Waals surface area contributed by atoms with E-state index in [2.05, 4.69) is 15.1 Å². The average Bonchev–Trinajstić information content (AvgIpc) is 2.76. The third-order valence-electron chi connectivity index (χ3n) is 3.28. The van der Waals surface area contributed by atoms with Crippen LogP contribution in [0.1, 0.15) is 17.7 Å². The van der Waals surface area contributed by atoms with Crippen molar-refractivity contribution in [2.75, 3.05) is 13.2 Å². The molecule has 1 fully saturated rings. The summed E-state index contributed by atoms with van der Waals surface area (Å²) in [6.45, 7) is 3.45. The second-order valence-corrected chi connectivity index (χ2v) is 4.47. The zero-order valence-electron chi connectivity index (χ0n) is 8.65. The molecule has 1 aromatic rings. The molecule has 1 saturated heterocycles. The number of hydrogen-bond acceptors (Lipinski definition) is 4. The number of aromatic amines is 1. The van der Waals surface area contributed by atoms with E-state index in [-0.39, 0.29) is 6.04 Å². The quantitative estimate of drug-likeness (QED) is 0.673. The number of aromatic nitrogens is 2. The molecule has 2 unspecified atom stereocenters. The molecule has 2 aliphatic heterocycles. The second-order valence-electron chi connectivity index (χ2n) is 4.47. The molecular formula is C10H16N4O. The van der Waals surface area contributed by atoms with Crippen molar-refractivity contribution in [1.82, 2.24) is 15.1 Å². The van der Waals surface area contributed by atoms with E-state index < -0.39 is 0 Å². The monoisotopic (exact) mass is 208 g/mol. The van der Waals surface area contributed by atoms with E-state index in [1.807, 2.05) is 6.20 Å². The lowest BCUT2D eigenvalue weighted by Gasteiger charge is -2.33. The highest BCUT2D eigenvalue weighted by Gasteiger charge is 2.30. The number of hydrogen-bond donors (Lipinski definition) is 2. The summed E-state index contributed by atoms with van der Waals surface area (Å²) in [6, 6.07) is 0.662. The van der Waals surface area contributed by atoms with Crippen LogP contribution in [0.2, 0.25) is 0 Å². The van der Waals surface area contributed by atoms with Crippen LogP contribution in [0, 0.1) is 0 Å². The number of nitrogens with one attached hydrogen (secondary N) is 1. The standard InChI is InChI=1S/C10H16N4O/c11-8-1-9(6-15-5-8)14-3-7-2-12-13-10(7)4-14/h2,8-9H,1,3-6,11H2,(H,12,13). The molecule has 3 rings (SSSR count). The van der Waals surface area contributed by atoms with Crippen LogP contribution in [0.15, 0.2) is 6.20 Å². The third kappa shape index (κ3) is 1.67. The molecule has 5 heteroatoms. The fourth-order valence-electron chi connectivity index (χ4n) is 2.44. The van der Waals surface area contributed by atoms with Crippen LogP contribution in [-0.2, 0) is 17.8 Å². The van der Waals surface area contributed by atoms with Crippen molar-refractivity contribution in [3.8, 4) is 0 Å². The first kappa shape index (κ1) is 9.33. The first-order valence-corrected chi connectivity index (χ1v) is 5.41. The highest BCUT2D eigenvalue weighted by atomic mass is 16.5. The molecule has 82 valence electrons. The van der Waals surface area contributed by atoms with Gasteiger partial charge in [-0.15, -0.1) is 0 Å². The topological polar surface area (TPSA) is 67.2 Å². The summed E-state index contributed by atoms with van der Waals surface area (Å²) in [7, 11) is 0. The zero-order chi connectivity index (χ0) is 10.3. The summed E-state index contributed by atoms with van der Waals surface area (Å²) in [6.07, 6.45) is 2.96. The molecule has 0 radical (unpaired) electrons. The summed E-state index contributed by atoms with van der Waals surface area (Å²) < 4.78 is 5.49. The van der Waals surface area contributed by atoms with E-state index in [0.29, 0.717) is 12.6 Å². The Morgan fingerprint density at radius 3 is 3.20 bits per heavy atom. The van der Waals surface area contributed by atoms with Crippen molar-refractivity contribution in [2.45, 2.75) is 31.6 Å². The summed E-state index contributed by atoms with van der Waals surface area (Å²) in [5, 5.41) is 7.06. The summed E-state index contributed by atoms with van der Waals surface area (Å²) in [5.41, 5.74) is 8.46. The fraction of sp³-hybridized carbons (Fsp3) is 0.700. The van der Waals surface area contributed by atoms with E-state index >= 15 is 0 Å².